The molecule has 0 fully saturated rings. The average molecular weight is 422 g/mol. The van der Waals surface area contributed by atoms with Gasteiger partial charge >= 0.3 is 0 Å². The van der Waals surface area contributed by atoms with E-state index in [4.69, 9.17) is 14.2 Å². The smallest absolute Gasteiger partial charge is 0.252 e. The van der Waals surface area contributed by atoms with Gasteiger partial charge in [0.2, 0.25) is 0 Å². The lowest BCUT2D eigenvalue weighted by atomic mass is 10.1. The van der Waals surface area contributed by atoms with Crippen LogP contribution in [-0.4, -0.2) is 32.8 Å². The van der Waals surface area contributed by atoms with Crippen LogP contribution in [0.15, 0.2) is 40.9 Å². The van der Waals surface area contributed by atoms with Crippen molar-refractivity contribution in [1.29, 1.82) is 0 Å². The summed E-state index contributed by atoms with van der Waals surface area (Å²) in [6.45, 7) is 5.56. The molecule has 0 bridgehead atoms. The molecule has 5 nitrogen and oxygen atoms in total. The molecule has 0 aliphatic carbocycles. The zero-order valence-electron chi connectivity index (χ0n) is 15.3. The molecule has 2 aromatic rings. The van der Waals surface area contributed by atoms with Crippen LogP contribution in [0, 0.1) is 0 Å². The standard InChI is InChI=1S/C20H24BrNO4/c1-4-25-18-9-6-14(12-19(18)26-5-2)10-11-22-20(23)16-13-15(24-3)7-8-17(16)21/h6-9,12-13H,4-5,10-11H2,1-3H3,(H,22,23). The molecule has 0 atom stereocenters. The van der Waals surface area contributed by atoms with E-state index in [0.717, 1.165) is 21.5 Å². The zero-order valence-corrected chi connectivity index (χ0v) is 16.9. The Kier molecular flexibility index (Phi) is 7.78. The fourth-order valence-electron chi connectivity index (χ4n) is 2.47. The molecule has 0 aromatic heterocycles. The molecule has 0 aliphatic heterocycles. The molecular formula is C20H24BrNO4. The summed E-state index contributed by atoms with van der Waals surface area (Å²) in [4.78, 5) is 12.4. The molecular weight excluding hydrogens is 398 g/mol. The molecule has 0 heterocycles. The number of ether oxygens (including phenoxy) is 3. The molecule has 2 rings (SSSR count). The Balaban J connectivity index is 1.99. The third kappa shape index (κ3) is 5.39. The lowest BCUT2D eigenvalue weighted by Crippen LogP contribution is -2.26. The number of hydrogen-bond donors (Lipinski definition) is 1. The number of amides is 1. The van der Waals surface area contributed by atoms with E-state index >= 15 is 0 Å². The number of halogens is 1. The zero-order chi connectivity index (χ0) is 18.9. The topological polar surface area (TPSA) is 56.8 Å². The predicted octanol–water partition coefficient (Wildman–Crippen LogP) is 4.23. The highest BCUT2D eigenvalue weighted by atomic mass is 79.9. The van der Waals surface area contributed by atoms with E-state index in [0.29, 0.717) is 37.5 Å². The van der Waals surface area contributed by atoms with Crippen molar-refractivity contribution in [3.63, 3.8) is 0 Å². The second-order valence-corrected chi connectivity index (χ2v) is 6.35. The number of benzene rings is 2. The molecule has 0 saturated carbocycles. The van der Waals surface area contributed by atoms with Crippen LogP contribution >= 0.6 is 15.9 Å². The summed E-state index contributed by atoms with van der Waals surface area (Å²) < 4.78 is 17.1. The molecule has 0 aliphatic rings. The van der Waals surface area contributed by atoms with Crippen molar-refractivity contribution >= 4 is 21.8 Å². The van der Waals surface area contributed by atoms with Gasteiger partial charge in [0.25, 0.3) is 5.91 Å². The van der Waals surface area contributed by atoms with Crippen molar-refractivity contribution < 1.29 is 19.0 Å². The fourth-order valence-corrected chi connectivity index (χ4v) is 2.90. The van der Waals surface area contributed by atoms with Crippen LogP contribution in [-0.2, 0) is 6.42 Å². The lowest BCUT2D eigenvalue weighted by Gasteiger charge is -2.13. The highest BCUT2D eigenvalue weighted by Gasteiger charge is 2.11. The predicted molar refractivity (Wildman–Crippen MR) is 106 cm³/mol. The Morgan fingerprint density at radius 2 is 1.77 bits per heavy atom. The summed E-state index contributed by atoms with van der Waals surface area (Å²) in [6, 6.07) is 11.2. The van der Waals surface area contributed by atoms with Crippen LogP contribution in [0.5, 0.6) is 17.2 Å². The average Bonchev–Trinajstić information content (AvgIpc) is 2.64. The quantitative estimate of drug-likeness (QED) is 0.657. The van der Waals surface area contributed by atoms with E-state index < -0.39 is 0 Å². The normalized spacial score (nSPS) is 10.3. The number of hydrogen-bond acceptors (Lipinski definition) is 4. The monoisotopic (exact) mass is 421 g/mol. The number of methoxy groups -OCH3 is 1. The highest BCUT2D eigenvalue weighted by molar-refractivity contribution is 9.10. The number of rotatable bonds is 9. The van der Waals surface area contributed by atoms with Gasteiger partial charge in [-0.2, -0.15) is 0 Å². The van der Waals surface area contributed by atoms with E-state index in [1.807, 2.05) is 32.0 Å². The van der Waals surface area contributed by atoms with Gasteiger partial charge in [0.15, 0.2) is 11.5 Å². The number of carbonyl (C=O) groups excluding carboxylic acids is 1. The minimum Gasteiger partial charge on any atom is -0.497 e. The van der Waals surface area contributed by atoms with Gasteiger partial charge in [-0.25, -0.2) is 0 Å². The lowest BCUT2D eigenvalue weighted by molar-refractivity contribution is 0.0953. The Morgan fingerprint density at radius 3 is 2.46 bits per heavy atom. The molecule has 0 spiro atoms. The summed E-state index contributed by atoms with van der Waals surface area (Å²) >= 11 is 3.40. The highest BCUT2D eigenvalue weighted by Crippen LogP contribution is 2.28. The molecule has 1 N–H and O–H groups in total. The first-order chi connectivity index (χ1) is 12.6. The maximum absolute atomic E-state index is 12.4. The van der Waals surface area contributed by atoms with Gasteiger partial charge in [-0.05, 0) is 72.1 Å². The maximum Gasteiger partial charge on any atom is 0.252 e. The molecule has 1 amide bonds. The van der Waals surface area contributed by atoms with Crippen LogP contribution in [0.4, 0.5) is 0 Å². The van der Waals surface area contributed by atoms with Crippen molar-refractivity contribution in [1.82, 2.24) is 5.32 Å². The first-order valence-electron chi connectivity index (χ1n) is 8.59. The van der Waals surface area contributed by atoms with Crippen LogP contribution in [0.3, 0.4) is 0 Å². The van der Waals surface area contributed by atoms with E-state index in [2.05, 4.69) is 21.2 Å². The van der Waals surface area contributed by atoms with Crippen LogP contribution in [0.25, 0.3) is 0 Å². The summed E-state index contributed by atoms with van der Waals surface area (Å²) in [7, 11) is 1.58. The van der Waals surface area contributed by atoms with Gasteiger partial charge in [0.1, 0.15) is 5.75 Å². The second kappa shape index (κ2) is 10.1. The molecule has 0 radical (unpaired) electrons. The van der Waals surface area contributed by atoms with Crippen LogP contribution in [0.1, 0.15) is 29.8 Å². The number of nitrogens with one attached hydrogen (secondary N) is 1. The molecule has 0 saturated heterocycles. The minimum absolute atomic E-state index is 0.147. The Labute approximate surface area is 162 Å². The van der Waals surface area contributed by atoms with Crippen molar-refractivity contribution in [2.24, 2.45) is 0 Å². The first kappa shape index (κ1) is 20.1. The molecule has 6 heteroatoms. The van der Waals surface area contributed by atoms with Gasteiger partial charge in [-0.1, -0.05) is 6.07 Å². The molecule has 0 unspecified atom stereocenters. The first-order valence-corrected chi connectivity index (χ1v) is 9.38. The fraction of sp³-hybridized carbons (Fsp3) is 0.350. The van der Waals surface area contributed by atoms with Gasteiger partial charge in [0.05, 0.1) is 25.9 Å². The Bertz CT molecular complexity index is 749. The Morgan fingerprint density at radius 1 is 1.04 bits per heavy atom. The molecule has 140 valence electrons. The third-order valence-electron chi connectivity index (χ3n) is 3.73. The van der Waals surface area contributed by atoms with E-state index in [9.17, 15) is 4.79 Å². The summed E-state index contributed by atoms with van der Waals surface area (Å²) in [6.07, 6.45) is 0.694. The van der Waals surface area contributed by atoms with Gasteiger partial charge in [0, 0.05) is 11.0 Å². The summed E-state index contributed by atoms with van der Waals surface area (Å²) in [5.74, 6) is 1.97. The van der Waals surface area contributed by atoms with Crippen LogP contribution < -0.4 is 19.5 Å². The van der Waals surface area contributed by atoms with E-state index in [1.54, 1.807) is 25.3 Å². The Hall–Kier alpha value is -2.21. The van der Waals surface area contributed by atoms with Gasteiger partial charge < -0.3 is 19.5 Å². The minimum atomic E-state index is -0.147. The molecule has 26 heavy (non-hydrogen) atoms. The van der Waals surface area contributed by atoms with Crippen molar-refractivity contribution in [3.05, 3.63) is 52.0 Å². The van der Waals surface area contributed by atoms with E-state index in [-0.39, 0.29) is 5.91 Å². The SMILES string of the molecule is CCOc1ccc(CCNC(=O)c2cc(OC)ccc2Br)cc1OCC. The van der Waals surface area contributed by atoms with E-state index in [1.165, 1.54) is 0 Å². The molecule has 2 aromatic carbocycles. The van der Waals surface area contributed by atoms with Crippen molar-refractivity contribution in [2.45, 2.75) is 20.3 Å². The van der Waals surface area contributed by atoms with Crippen LogP contribution in [0.2, 0.25) is 0 Å². The van der Waals surface area contributed by atoms with Gasteiger partial charge in [-0.3, -0.25) is 4.79 Å². The summed E-state index contributed by atoms with van der Waals surface area (Å²) in [5.41, 5.74) is 1.62. The third-order valence-corrected chi connectivity index (χ3v) is 4.42. The van der Waals surface area contributed by atoms with Gasteiger partial charge in [-0.15, -0.1) is 0 Å². The maximum atomic E-state index is 12.4. The van der Waals surface area contributed by atoms with Crippen molar-refractivity contribution in [2.75, 3.05) is 26.9 Å². The summed E-state index contributed by atoms with van der Waals surface area (Å²) in [5, 5.41) is 2.93. The van der Waals surface area contributed by atoms with Crippen molar-refractivity contribution in [3.8, 4) is 17.2 Å². The number of carbonyl (C=O) groups is 1. The second-order valence-electron chi connectivity index (χ2n) is 5.50. The largest absolute Gasteiger partial charge is 0.497 e.